The molecule has 0 saturated heterocycles. The third kappa shape index (κ3) is 6.40. The maximum absolute atomic E-state index is 14.2. The molecule has 242 valence electrons. The zero-order valence-electron chi connectivity index (χ0n) is 25.7. The molecule has 6 rings (SSSR count). The number of anilines is 1. The first kappa shape index (κ1) is 32.4. The van der Waals surface area contributed by atoms with Crippen LogP contribution in [0.3, 0.4) is 0 Å². The zero-order valence-corrected chi connectivity index (χ0v) is 28.1. The number of carbonyl (C=O) groups is 2. The molecule has 0 saturated carbocycles. The van der Waals surface area contributed by atoms with Crippen molar-refractivity contribution < 1.29 is 33.3 Å². The minimum Gasteiger partial charge on any atom is -0.503 e. The van der Waals surface area contributed by atoms with Crippen LogP contribution >= 0.6 is 34.7 Å². The van der Waals surface area contributed by atoms with E-state index in [0.29, 0.717) is 62.1 Å². The summed E-state index contributed by atoms with van der Waals surface area (Å²) in [5, 5.41) is 21.4. The van der Waals surface area contributed by atoms with Crippen molar-refractivity contribution in [1.82, 2.24) is 10.2 Å². The van der Waals surface area contributed by atoms with Gasteiger partial charge >= 0.3 is 0 Å². The van der Waals surface area contributed by atoms with Gasteiger partial charge in [-0.05, 0) is 54.8 Å². The van der Waals surface area contributed by atoms with Crippen molar-refractivity contribution in [1.29, 1.82) is 0 Å². The smallest absolute Gasteiger partial charge is 0.296 e. The Hall–Kier alpha value is -4.52. The first-order chi connectivity index (χ1) is 22.8. The number of ether oxygens (including phenoxy) is 3. The number of carbonyl (C=O) groups excluding carboxylic acids is 2. The molecule has 10 nitrogen and oxygen atoms in total. The normalized spacial score (nSPS) is 14.7. The summed E-state index contributed by atoms with van der Waals surface area (Å²) in [4.78, 5) is 29.3. The van der Waals surface area contributed by atoms with Crippen LogP contribution in [0, 0.1) is 0 Å². The summed E-state index contributed by atoms with van der Waals surface area (Å²) in [6, 6.07) is 18.4. The Labute approximate surface area is 283 Å². The number of halogens is 1. The number of methoxy groups -OCH3 is 1. The number of aliphatic hydroxyl groups excluding tert-OH is 1. The first-order valence-electron chi connectivity index (χ1n) is 14.8. The van der Waals surface area contributed by atoms with Crippen LogP contribution in [0.5, 0.6) is 17.2 Å². The maximum Gasteiger partial charge on any atom is 0.296 e. The molecule has 0 fully saturated rings. The number of thioether (sulfide) groups is 1. The van der Waals surface area contributed by atoms with Gasteiger partial charge in [0.1, 0.15) is 0 Å². The number of aromatic nitrogens is 2. The Kier molecular flexibility index (Phi) is 9.71. The lowest BCUT2D eigenvalue weighted by Gasteiger charge is -2.24. The quantitative estimate of drug-likeness (QED) is 0.0734. The van der Waals surface area contributed by atoms with E-state index in [1.165, 1.54) is 23.8 Å². The van der Waals surface area contributed by atoms with Gasteiger partial charge in [-0.3, -0.25) is 14.5 Å². The van der Waals surface area contributed by atoms with Gasteiger partial charge in [0, 0.05) is 16.2 Å². The average molecular weight is 692 g/mol. The van der Waals surface area contributed by atoms with Crippen LogP contribution in [-0.4, -0.2) is 47.3 Å². The van der Waals surface area contributed by atoms with Gasteiger partial charge in [0.05, 0.1) is 31.9 Å². The number of benzene rings is 3. The maximum atomic E-state index is 14.2. The molecule has 1 unspecified atom stereocenters. The summed E-state index contributed by atoms with van der Waals surface area (Å²) in [5.41, 5.74) is 1.62. The van der Waals surface area contributed by atoms with E-state index in [1.807, 2.05) is 38.1 Å². The number of ketones is 1. The third-order valence-electron chi connectivity index (χ3n) is 7.36. The Balaban J connectivity index is 1.41. The Morgan fingerprint density at radius 1 is 1.04 bits per heavy atom. The molecular formula is C34H30ClN3O7S2. The number of Topliss-reactive ketones (excluding diaryl/α,β-unsaturated/α-hetero) is 1. The van der Waals surface area contributed by atoms with E-state index in [2.05, 4.69) is 10.2 Å². The summed E-state index contributed by atoms with van der Waals surface area (Å²) in [6.07, 6.45) is 0.795. The molecule has 2 aromatic heterocycles. The average Bonchev–Trinajstić information content (AvgIpc) is 3.80. The second-order valence-electron chi connectivity index (χ2n) is 10.4. The van der Waals surface area contributed by atoms with Crippen molar-refractivity contribution in [2.45, 2.75) is 36.4 Å². The highest BCUT2D eigenvalue weighted by Gasteiger charge is 2.47. The summed E-state index contributed by atoms with van der Waals surface area (Å²) in [5.74, 6) is -0.299. The number of aliphatic hydroxyl groups is 1. The largest absolute Gasteiger partial charge is 0.503 e. The molecule has 3 aromatic carbocycles. The fourth-order valence-corrected chi connectivity index (χ4v) is 7.35. The number of amides is 1. The Morgan fingerprint density at radius 3 is 2.64 bits per heavy atom. The molecule has 3 heterocycles. The van der Waals surface area contributed by atoms with Gasteiger partial charge in [0.25, 0.3) is 5.91 Å². The predicted octanol–water partition coefficient (Wildman–Crippen LogP) is 8.21. The predicted molar refractivity (Wildman–Crippen MR) is 181 cm³/mol. The number of hydrogen-bond acceptors (Lipinski definition) is 11. The van der Waals surface area contributed by atoms with Crippen LogP contribution in [0.15, 0.2) is 86.8 Å². The van der Waals surface area contributed by atoms with Gasteiger partial charge < -0.3 is 23.7 Å². The molecule has 13 heteroatoms. The Bertz CT molecular complexity index is 1990. The molecule has 0 bridgehead atoms. The van der Waals surface area contributed by atoms with Crippen LogP contribution in [0.4, 0.5) is 5.13 Å². The summed E-state index contributed by atoms with van der Waals surface area (Å²) in [7, 11) is 1.50. The van der Waals surface area contributed by atoms with Gasteiger partial charge in [0.15, 0.2) is 38.7 Å². The second kappa shape index (κ2) is 14.1. The molecule has 1 atom stereocenters. The standard InChI is InChI=1S/C34H30ClN3O7S2/c1-4-15-44-23-14-13-19(16-25(23)43-5-2)28-27(29(39)26-17-20-10-8-12-24(42-3)31(20)45-26)30(40)32(41)38(28)33-36-37-34(47-33)46-18-21-9-6-7-11-22(21)35/h6-14,16-17,28,40H,4-5,15,18H2,1-3H3. The molecule has 0 aliphatic carbocycles. The lowest BCUT2D eigenvalue weighted by Crippen LogP contribution is -2.31. The van der Waals surface area contributed by atoms with E-state index in [4.69, 9.17) is 30.2 Å². The van der Waals surface area contributed by atoms with Crippen LogP contribution in [0.2, 0.25) is 5.02 Å². The second-order valence-corrected chi connectivity index (χ2v) is 13.0. The third-order valence-corrected chi connectivity index (χ3v) is 9.83. The molecule has 1 N–H and O–H groups in total. The number of rotatable bonds is 13. The lowest BCUT2D eigenvalue weighted by atomic mass is 9.95. The van der Waals surface area contributed by atoms with Crippen LogP contribution in [-0.2, 0) is 10.5 Å². The minimum absolute atomic E-state index is 0.0631. The van der Waals surface area contributed by atoms with Crippen molar-refractivity contribution in [2.75, 3.05) is 25.2 Å². The highest BCUT2D eigenvalue weighted by molar-refractivity contribution is 8.00. The van der Waals surface area contributed by atoms with Crippen molar-refractivity contribution >= 4 is 62.5 Å². The van der Waals surface area contributed by atoms with Crippen molar-refractivity contribution in [2.24, 2.45) is 0 Å². The van der Waals surface area contributed by atoms with E-state index in [0.717, 1.165) is 23.3 Å². The molecule has 0 spiro atoms. The molecule has 1 amide bonds. The number of fused-ring (bicyclic) bond motifs is 1. The van der Waals surface area contributed by atoms with Gasteiger partial charge in [0.2, 0.25) is 10.9 Å². The van der Waals surface area contributed by atoms with Crippen LogP contribution in [0.1, 0.15) is 48.0 Å². The van der Waals surface area contributed by atoms with Gasteiger partial charge in [-0.2, -0.15) is 0 Å². The first-order valence-corrected chi connectivity index (χ1v) is 17.0. The molecule has 1 aliphatic rings. The zero-order chi connectivity index (χ0) is 33.1. The topological polar surface area (TPSA) is 124 Å². The van der Waals surface area contributed by atoms with E-state index in [1.54, 1.807) is 42.5 Å². The number of furan rings is 1. The number of para-hydroxylation sites is 1. The minimum atomic E-state index is -1.08. The lowest BCUT2D eigenvalue weighted by molar-refractivity contribution is -0.117. The SMILES string of the molecule is CCCOc1ccc(C2C(C(=O)c3cc4cccc(OC)c4o3)=C(O)C(=O)N2c2nnc(SCc3ccccc3Cl)s2)cc1OCC. The highest BCUT2D eigenvalue weighted by atomic mass is 35.5. The summed E-state index contributed by atoms with van der Waals surface area (Å²) < 4.78 is 23.7. The van der Waals surface area contributed by atoms with E-state index < -0.39 is 23.5 Å². The van der Waals surface area contributed by atoms with Gasteiger partial charge in [-0.15, -0.1) is 10.2 Å². The number of hydrogen-bond donors (Lipinski definition) is 1. The summed E-state index contributed by atoms with van der Waals surface area (Å²) in [6.45, 7) is 4.68. The highest BCUT2D eigenvalue weighted by Crippen LogP contribution is 2.46. The van der Waals surface area contributed by atoms with Crippen molar-refractivity contribution in [3.63, 3.8) is 0 Å². The van der Waals surface area contributed by atoms with E-state index >= 15 is 0 Å². The summed E-state index contributed by atoms with van der Waals surface area (Å²) >= 11 is 8.91. The van der Waals surface area contributed by atoms with Crippen LogP contribution in [0.25, 0.3) is 11.0 Å². The molecular weight excluding hydrogens is 662 g/mol. The monoisotopic (exact) mass is 691 g/mol. The van der Waals surface area contributed by atoms with Crippen molar-refractivity contribution in [3.8, 4) is 17.2 Å². The fourth-order valence-electron chi connectivity index (χ4n) is 5.20. The molecule has 1 aliphatic heterocycles. The molecule has 47 heavy (non-hydrogen) atoms. The Morgan fingerprint density at radius 2 is 1.87 bits per heavy atom. The van der Waals surface area contributed by atoms with Gasteiger partial charge in [-0.1, -0.05) is 78.0 Å². The van der Waals surface area contributed by atoms with Crippen molar-refractivity contribution in [3.05, 3.63) is 100.0 Å². The number of nitrogens with zero attached hydrogens (tertiary/aromatic N) is 3. The molecule has 5 aromatic rings. The van der Waals surface area contributed by atoms with Crippen LogP contribution < -0.4 is 19.1 Å². The van der Waals surface area contributed by atoms with E-state index in [9.17, 15) is 14.7 Å². The van der Waals surface area contributed by atoms with Gasteiger partial charge in [-0.25, -0.2) is 0 Å². The molecule has 0 radical (unpaired) electrons. The fraction of sp³-hybridized carbons (Fsp3) is 0.235. The van der Waals surface area contributed by atoms with E-state index in [-0.39, 0.29) is 16.5 Å².